The normalized spacial score (nSPS) is 17.3. The van der Waals surface area contributed by atoms with Gasteiger partial charge in [-0.3, -0.25) is 0 Å². The van der Waals surface area contributed by atoms with E-state index in [1.807, 2.05) is 31.2 Å². The van der Waals surface area contributed by atoms with E-state index in [4.69, 9.17) is 9.72 Å². The van der Waals surface area contributed by atoms with Crippen LogP contribution in [0.25, 0.3) is 22.3 Å². The van der Waals surface area contributed by atoms with E-state index in [1.165, 1.54) is 6.20 Å². The summed E-state index contributed by atoms with van der Waals surface area (Å²) < 4.78 is 23.2. The monoisotopic (exact) mass is 487 g/mol. The molecule has 3 aromatic heterocycles. The van der Waals surface area contributed by atoms with Gasteiger partial charge in [0.25, 0.3) is 0 Å². The van der Waals surface area contributed by atoms with Gasteiger partial charge in [-0.25, -0.2) is 24.3 Å². The van der Waals surface area contributed by atoms with E-state index >= 15 is 0 Å². The van der Waals surface area contributed by atoms with Gasteiger partial charge >= 0.3 is 0 Å². The van der Waals surface area contributed by atoms with Crippen LogP contribution in [0.4, 0.5) is 16.2 Å². The van der Waals surface area contributed by atoms with Gasteiger partial charge in [-0.15, -0.1) is 0 Å². The lowest BCUT2D eigenvalue weighted by Crippen LogP contribution is -2.34. The molecule has 0 spiro atoms. The number of piperidine rings is 1. The van der Waals surface area contributed by atoms with Crippen LogP contribution in [0.15, 0.2) is 36.7 Å². The first-order valence-electron chi connectivity index (χ1n) is 12.5. The Bertz CT molecular complexity index is 1420. The highest BCUT2D eigenvalue weighted by Crippen LogP contribution is 2.38. The lowest BCUT2D eigenvalue weighted by Gasteiger charge is -2.23. The molecule has 8 nitrogen and oxygen atoms in total. The number of aryl methyl sites for hydroxylation is 2. The van der Waals surface area contributed by atoms with Gasteiger partial charge in [0.15, 0.2) is 5.82 Å². The molecule has 1 aromatic carbocycles. The number of fused-ring (bicyclic) bond motifs is 3. The minimum absolute atomic E-state index is 0.0263. The van der Waals surface area contributed by atoms with E-state index < -0.39 is 5.82 Å². The summed E-state index contributed by atoms with van der Waals surface area (Å²) in [6, 6.07) is 7.63. The minimum atomic E-state index is -0.474. The minimum Gasteiger partial charge on any atom is -0.489 e. The second-order valence-electron chi connectivity index (χ2n) is 10.3. The van der Waals surface area contributed by atoms with E-state index in [1.54, 1.807) is 6.20 Å². The molecule has 0 amide bonds. The first-order chi connectivity index (χ1) is 17.4. The third-order valence-electron chi connectivity index (χ3n) is 7.17. The number of rotatable bonds is 5. The predicted molar refractivity (Wildman–Crippen MR) is 137 cm³/mol. The van der Waals surface area contributed by atoms with Gasteiger partial charge in [0, 0.05) is 17.5 Å². The Morgan fingerprint density at radius 1 is 1.11 bits per heavy atom. The maximum absolute atomic E-state index is 14.9. The zero-order valence-corrected chi connectivity index (χ0v) is 20.8. The van der Waals surface area contributed by atoms with Crippen LogP contribution in [-0.2, 0) is 12.0 Å². The van der Waals surface area contributed by atoms with Crippen LogP contribution in [0.1, 0.15) is 44.5 Å². The summed E-state index contributed by atoms with van der Waals surface area (Å²) in [6.45, 7) is 8.38. The van der Waals surface area contributed by atoms with Crippen LogP contribution in [0, 0.1) is 12.7 Å². The number of pyridine rings is 1. The Labute approximate surface area is 209 Å². The number of nitrogens with zero attached hydrogens (tertiary/aromatic N) is 5. The largest absolute Gasteiger partial charge is 0.489 e. The van der Waals surface area contributed by atoms with Crippen molar-refractivity contribution in [3.63, 3.8) is 0 Å². The molecule has 0 aliphatic carbocycles. The number of benzene rings is 1. The number of ether oxygens (including phenoxy) is 1. The molecule has 4 aromatic rings. The molecule has 36 heavy (non-hydrogen) atoms. The number of hydrogen-bond acceptors (Lipinski definition) is 7. The molecule has 2 aliphatic rings. The summed E-state index contributed by atoms with van der Waals surface area (Å²) in [6.07, 6.45) is 7.05. The van der Waals surface area contributed by atoms with Crippen LogP contribution >= 0.6 is 0 Å². The van der Waals surface area contributed by atoms with Gasteiger partial charge in [0.05, 0.1) is 23.4 Å². The van der Waals surface area contributed by atoms with Crippen LogP contribution in [-0.4, -0.2) is 43.7 Å². The van der Waals surface area contributed by atoms with E-state index in [-0.39, 0.29) is 23.3 Å². The number of imidazole rings is 1. The van der Waals surface area contributed by atoms with Crippen LogP contribution in [0.2, 0.25) is 0 Å². The van der Waals surface area contributed by atoms with Crippen molar-refractivity contribution in [2.45, 2.75) is 58.1 Å². The molecule has 0 saturated carbocycles. The van der Waals surface area contributed by atoms with Gasteiger partial charge in [-0.2, -0.15) is 0 Å². The van der Waals surface area contributed by atoms with Crippen molar-refractivity contribution in [2.24, 2.45) is 0 Å². The van der Waals surface area contributed by atoms with Gasteiger partial charge < -0.3 is 19.9 Å². The molecule has 9 heteroatoms. The van der Waals surface area contributed by atoms with E-state index in [0.717, 1.165) is 66.9 Å². The van der Waals surface area contributed by atoms with Crippen molar-refractivity contribution in [1.29, 1.82) is 0 Å². The fraction of sp³-hybridized carbons (Fsp3) is 0.407. The molecule has 2 aliphatic heterocycles. The number of aromatic nitrogens is 5. The van der Waals surface area contributed by atoms with Gasteiger partial charge in [-0.05, 0) is 83.0 Å². The Hall–Kier alpha value is -3.59. The zero-order chi connectivity index (χ0) is 24.9. The average Bonchev–Trinajstić information content (AvgIpc) is 3.40. The molecule has 1 saturated heterocycles. The highest BCUT2D eigenvalue weighted by atomic mass is 19.1. The second-order valence-corrected chi connectivity index (χ2v) is 10.3. The smallest absolute Gasteiger partial charge is 0.229 e. The molecule has 0 radical (unpaired) electrons. The third-order valence-corrected chi connectivity index (χ3v) is 7.17. The average molecular weight is 488 g/mol. The number of anilines is 2. The van der Waals surface area contributed by atoms with Crippen molar-refractivity contribution >= 4 is 22.8 Å². The van der Waals surface area contributed by atoms with E-state index in [0.29, 0.717) is 11.4 Å². The fourth-order valence-electron chi connectivity index (χ4n) is 5.28. The Kier molecular flexibility index (Phi) is 5.59. The highest BCUT2D eigenvalue weighted by Gasteiger charge is 2.32. The topological polar surface area (TPSA) is 89.8 Å². The molecule has 0 unspecified atom stereocenters. The number of halogens is 1. The zero-order valence-electron chi connectivity index (χ0n) is 20.8. The van der Waals surface area contributed by atoms with Crippen molar-refractivity contribution in [1.82, 2.24) is 29.8 Å². The van der Waals surface area contributed by atoms with Crippen molar-refractivity contribution < 1.29 is 9.13 Å². The molecular weight excluding hydrogens is 457 g/mol. The van der Waals surface area contributed by atoms with Crippen LogP contribution in [0.3, 0.4) is 0 Å². The first-order valence-corrected chi connectivity index (χ1v) is 12.5. The molecule has 0 bridgehead atoms. The Morgan fingerprint density at radius 2 is 1.94 bits per heavy atom. The summed E-state index contributed by atoms with van der Waals surface area (Å²) in [5.74, 6) is 2.18. The summed E-state index contributed by atoms with van der Waals surface area (Å²) in [5, 5.41) is 6.42. The first kappa shape index (κ1) is 22.8. The van der Waals surface area contributed by atoms with Gasteiger partial charge in [0.2, 0.25) is 5.95 Å². The Morgan fingerprint density at radius 3 is 2.72 bits per heavy atom. The lowest BCUT2D eigenvalue weighted by atomic mass is 10.0. The van der Waals surface area contributed by atoms with E-state index in [9.17, 15) is 4.39 Å². The van der Waals surface area contributed by atoms with Crippen LogP contribution < -0.4 is 15.4 Å². The van der Waals surface area contributed by atoms with Gasteiger partial charge in [0.1, 0.15) is 29.2 Å². The lowest BCUT2D eigenvalue weighted by molar-refractivity contribution is 0.162. The van der Waals surface area contributed by atoms with Crippen molar-refractivity contribution in [3.8, 4) is 17.0 Å². The maximum Gasteiger partial charge on any atom is 0.229 e. The van der Waals surface area contributed by atoms with Crippen molar-refractivity contribution in [3.05, 3.63) is 53.9 Å². The van der Waals surface area contributed by atoms with Crippen molar-refractivity contribution in [2.75, 3.05) is 18.4 Å². The van der Waals surface area contributed by atoms with Crippen LogP contribution in [0.5, 0.6) is 5.75 Å². The number of hydrogen-bond donors (Lipinski definition) is 2. The summed E-state index contributed by atoms with van der Waals surface area (Å²) >= 11 is 0. The molecule has 1 fully saturated rings. The second kappa shape index (κ2) is 8.81. The molecule has 0 atom stereocenters. The quantitative estimate of drug-likeness (QED) is 0.414. The molecule has 5 heterocycles. The fourth-order valence-corrected chi connectivity index (χ4v) is 5.28. The summed E-state index contributed by atoms with van der Waals surface area (Å²) in [4.78, 5) is 17.9. The summed E-state index contributed by atoms with van der Waals surface area (Å²) in [7, 11) is 0. The third kappa shape index (κ3) is 4.17. The standard InChI is InChI=1S/C27H30FN7O/c1-16-12-17(13-21-24(16)33-23-6-9-27(2,3)35(21)23)25-20(28)15-31-26(34-25)32-22-5-4-19(14-30-22)36-18-7-10-29-11-8-18/h4-5,12-15,18,29H,6-11H2,1-3H3,(H,30,31,32,34). The maximum atomic E-state index is 14.9. The summed E-state index contributed by atoms with van der Waals surface area (Å²) in [5.41, 5.74) is 3.90. The molecule has 186 valence electrons. The predicted octanol–water partition coefficient (Wildman–Crippen LogP) is 4.89. The molecular formula is C27H30FN7O. The molecule has 2 N–H and O–H groups in total. The SMILES string of the molecule is Cc1cc(-c2nc(Nc3ccc(OC4CCNCC4)cn3)ncc2F)cc2c1nc1n2C(C)(C)CC1. The van der Waals surface area contributed by atoms with E-state index in [2.05, 4.69) is 44.0 Å². The Balaban J connectivity index is 1.27. The highest BCUT2D eigenvalue weighted by molar-refractivity contribution is 5.86. The number of nitrogens with one attached hydrogen (secondary N) is 2. The van der Waals surface area contributed by atoms with Gasteiger partial charge in [-0.1, -0.05) is 0 Å². The molecule has 6 rings (SSSR count).